The summed E-state index contributed by atoms with van der Waals surface area (Å²) < 4.78 is 0. The van der Waals surface area contributed by atoms with Crippen LogP contribution >= 0.6 is 0 Å². The summed E-state index contributed by atoms with van der Waals surface area (Å²) in [6.45, 7) is 2.87. The molecule has 94 valence electrons. The predicted molar refractivity (Wildman–Crippen MR) is 74.0 cm³/mol. The first kappa shape index (κ1) is 12.5. The third kappa shape index (κ3) is 2.65. The number of benzene rings is 1. The fraction of sp³-hybridized carbons (Fsp3) is 0.286. The Morgan fingerprint density at radius 2 is 1.83 bits per heavy atom. The molecule has 0 aliphatic rings. The third-order valence-electron chi connectivity index (χ3n) is 2.85. The fourth-order valence-electron chi connectivity index (χ4n) is 1.86. The lowest BCUT2D eigenvalue weighted by atomic mass is 10.2. The lowest BCUT2D eigenvalue weighted by molar-refractivity contribution is 0.805. The van der Waals surface area contributed by atoms with Gasteiger partial charge in [0.1, 0.15) is 0 Å². The van der Waals surface area contributed by atoms with Gasteiger partial charge in [-0.25, -0.2) is 9.97 Å². The summed E-state index contributed by atoms with van der Waals surface area (Å²) in [6.07, 6.45) is 3.71. The number of para-hydroxylation sites is 1. The van der Waals surface area contributed by atoms with Gasteiger partial charge in [0.05, 0.1) is 0 Å². The molecule has 0 saturated heterocycles. The van der Waals surface area contributed by atoms with Gasteiger partial charge in [-0.1, -0.05) is 18.2 Å². The number of aromatic nitrogens is 2. The van der Waals surface area contributed by atoms with Crippen LogP contribution in [-0.2, 0) is 6.54 Å². The molecule has 4 heteroatoms. The highest BCUT2D eigenvalue weighted by Gasteiger charge is 2.08. The van der Waals surface area contributed by atoms with E-state index in [2.05, 4.69) is 34.3 Å². The van der Waals surface area contributed by atoms with Gasteiger partial charge in [0.25, 0.3) is 0 Å². The van der Waals surface area contributed by atoms with Gasteiger partial charge in [0.15, 0.2) is 0 Å². The van der Waals surface area contributed by atoms with Crippen molar-refractivity contribution in [2.24, 2.45) is 0 Å². The fourth-order valence-corrected chi connectivity index (χ4v) is 1.86. The Morgan fingerprint density at radius 3 is 2.44 bits per heavy atom. The number of aryl methyl sites for hydroxylation is 1. The number of nitrogens with zero attached hydrogens (tertiary/aromatic N) is 3. The van der Waals surface area contributed by atoms with E-state index < -0.39 is 0 Å². The zero-order chi connectivity index (χ0) is 13.0. The quantitative estimate of drug-likeness (QED) is 0.893. The molecule has 0 unspecified atom stereocenters. The van der Waals surface area contributed by atoms with Crippen molar-refractivity contribution in [1.29, 1.82) is 0 Å². The van der Waals surface area contributed by atoms with E-state index in [1.165, 1.54) is 5.56 Å². The van der Waals surface area contributed by atoms with Crippen LogP contribution in [0, 0.1) is 6.92 Å². The van der Waals surface area contributed by atoms with E-state index in [4.69, 9.17) is 0 Å². The monoisotopic (exact) mass is 242 g/mol. The van der Waals surface area contributed by atoms with E-state index in [9.17, 15) is 0 Å². The molecule has 1 aromatic carbocycles. The van der Waals surface area contributed by atoms with Crippen LogP contribution in [0.25, 0.3) is 0 Å². The molecule has 0 radical (unpaired) electrons. The van der Waals surface area contributed by atoms with Crippen molar-refractivity contribution in [1.82, 2.24) is 15.3 Å². The van der Waals surface area contributed by atoms with Gasteiger partial charge in [-0.15, -0.1) is 0 Å². The summed E-state index contributed by atoms with van der Waals surface area (Å²) in [7, 11) is 3.89. The lowest BCUT2D eigenvalue weighted by Gasteiger charge is -2.19. The lowest BCUT2D eigenvalue weighted by Crippen LogP contribution is -2.15. The second-order valence-electron chi connectivity index (χ2n) is 4.27. The van der Waals surface area contributed by atoms with Crippen LogP contribution < -0.4 is 10.2 Å². The molecule has 1 N–H and O–H groups in total. The first-order valence-corrected chi connectivity index (χ1v) is 5.97. The van der Waals surface area contributed by atoms with Crippen molar-refractivity contribution in [2.45, 2.75) is 13.5 Å². The highest BCUT2D eigenvalue weighted by molar-refractivity contribution is 5.60. The Labute approximate surface area is 108 Å². The van der Waals surface area contributed by atoms with Gasteiger partial charge in [0.2, 0.25) is 5.95 Å². The van der Waals surface area contributed by atoms with E-state index >= 15 is 0 Å². The first-order valence-electron chi connectivity index (χ1n) is 5.97. The predicted octanol–water partition coefficient (Wildman–Crippen LogP) is 2.27. The largest absolute Gasteiger partial charge is 0.316 e. The molecular formula is C14H18N4. The SMILES string of the molecule is CNCc1cnc(N(C)c2ccccc2C)nc1. The normalized spacial score (nSPS) is 10.4. The van der Waals surface area contributed by atoms with Crippen molar-refractivity contribution >= 4 is 11.6 Å². The minimum atomic E-state index is 0.712. The molecule has 0 atom stereocenters. The zero-order valence-corrected chi connectivity index (χ0v) is 11.0. The number of hydrogen-bond donors (Lipinski definition) is 1. The molecule has 0 saturated carbocycles. The highest BCUT2D eigenvalue weighted by atomic mass is 15.2. The van der Waals surface area contributed by atoms with Crippen LogP contribution in [0.15, 0.2) is 36.7 Å². The Morgan fingerprint density at radius 1 is 1.17 bits per heavy atom. The molecule has 0 aliphatic carbocycles. The maximum Gasteiger partial charge on any atom is 0.229 e. The van der Waals surface area contributed by atoms with Gasteiger partial charge >= 0.3 is 0 Å². The van der Waals surface area contributed by atoms with Crippen molar-refractivity contribution in [2.75, 3.05) is 19.0 Å². The molecule has 0 spiro atoms. The average molecular weight is 242 g/mol. The van der Waals surface area contributed by atoms with Crippen molar-refractivity contribution in [3.8, 4) is 0 Å². The summed E-state index contributed by atoms with van der Waals surface area (Å²) in [6, 6.07) is 8.21. The summed E-state index contributed by atoms with van der Waals surface area (Å²) in [5.74, 6) is 0.712. The van der Waals surface area contributed by atoms with E-state index in [-0.39, 0.29) is 0 Å². The van der Waals surface area contributed by atoms with Crippen LogP contribution in [0.3, 0.4) is 0 Å². The molecule has 0 aliphatic heterocycles. The molecule has 0 bridgehead atoms. The van der Waals surface area contributed by atoms with Crippen molar-refractivity contribution in [3.05, 3.63) is 47.8 Å². The number of anilines is 2. The minimum Gasteiger partial charge on any atom is -0.316 e. The van der Waals surface area contributed by atoms with Gasteiger partial charge in [-0.05, 0) is 25.6 Å². The topological polar surface area (TPSA) is 41.1 Å². The minimum absolute atomic E-state index is 0.712. The number of nitrogens with one attached hydrogen (secondary N) is 1. The van der Waals surface area contributed by atoms with E-state index in [1.54, 1.807) is 0 Å². The van der Waals surface area contributed by atoms with Gasteiger partial charge in [0, 0.05) is 37.2 Å². The van der Waals surface area contributed by atoms with Crippen LogP contribution in [0.5, 0.6) is 0 Å². The first-order chi connectivity index (χ1) is 8.72. The summed E-state index contributed by atoms with van der Waals surface area (Å²) >= 11 is 0. The summed E-state index contributed by atoms with van der Waals surface area (Å²) in [5.41, 5.74) is 3.42. The highest BCUT2D eigenvalue weighted by Crippen LogP contribution is 2.23. The van der Waals surface area contributed by atoms with Crippen molar-refractivity contribution < 1.29 is 0 Å². The number of hydrogen-bond acceptors (Lipinski definition) is 4. The van der Waals surface area contributed by atoms with E-state index in [1.807, 2.05) is 43.5 Å². The standard InChI is InChI=1S/C14H18N4/c1-11-6-4-5-7-13(11)18(3)14-16-9-12(8-15-2)10-17-14/h4-7,9-10,15H,8H2,1-3H3. The Kier molecular flexibility index (Phi) is 3.89. The smallest absolute Gasteiger partial charge is 0.229 e. The molecule has 1 heterocycles. The summed E-state index contributed by atoms with van der Waals surface area (Å²) in [5, 5.41) is 3.08. The molecule has 2 rings (SSSR count). The molecule has 1 aromatic heterocycles. The molecular weight excluding hydrogens is 224 g/mol. The van der Waals surface area contributed by atoms with E-state index in [0.29, 0.717) is 5.95 Å². The van der Waals surface area contributed by atoms with Gasteiger partial charge in [-0.2, -0.15) is 0 Å². The Bertz CT molecular complexity index is 507. The second kappa shape index (κ2) is 5.60. The molecule has 2 aromatic rings. The Balaban J connectivity index is 2.23. The van der Waals surface area contributed by atoms with Gasteiger partial charge in [-0.3, -0.25) is 0 Å². The third-order valence-corrected chi connectivity index (χ3v) is 2.85. The summed E-state index contributed by atoms with van der Waals surface area (Å²) in [4.78, 5) is 10.8. The zero-order valence-electron chi connectivity index (χ0n) is 11.0. The molecule has 0 amide bonds. The average Bonchev–Trinajstić information content (AvgIpc) is 2.40. The maximum atomic E-state index is 4.39. The van der Waals surface area contributed by atoms with Crippen LogP contribution in [-0.4, -0.2) is 24.1 Å². The second-order valence-corrected chi connectivity index (χ2v) is 4.27. The molecule has 0 fully saturated rings. The maximum absolute atomic E-state index is 4.39. The molecule has 4 nitrogen and oxygen atoms in total. The van der Waals surface area contributed by atoms with Crippen LogP contribution in [0.2, 0.25) is 0 Å². The van der Waals surface area contributed by atoms with E-state index in [0.717, 1.165) is 17.8 Å². The van der Waals surface area contributed by atoms with Crippen LogP contribution in [0.1, 0.15) is 11.1 Å². The Hall–Kier alpha value is -1.94. The number of rotatable bonds is 4. The van der Waals surface area contributed by atoms with Gasteiger partial charge < -0.3 is 10.2 Å². The van der Waals surface area contributed by atoms with Crippen LogP contribution in [0.4, 0.5) is 11.6 Å². The van der Waals surface area contributed by atoms with Crippen molar-refractivity contribution in [3.63, 3.8) is 0 Å². The molecule has 18 heavy (non-hydrogen) atoms.